The molecule has 0 saturated carbocycles. The summed E-state index contributed by atoms with van der Waals surface area (Å²) < 4.78 is 4.90. The largest absolute Gasteiger partial charge is 0.383 e. The van der Waals surface area contributed by atoms with Gasteiger partial charge in [-0.1, -0.05) is 0 Å². The topological polar surface area (TPSA) is 58.6 Å². The van der Waals surface area contributed by atoms with Crippen LogP contribution in [0.3, 0.4) is 0 Å². The molecule has 5 heteroatoms. The molecule has 0 aliphatic rings. The van der Waals surface area contributed by atoms with Crippen LogP contribution >= 0.6 is 0 Å². The Morgan fingerprint density at radius 3 is 2.39 bits per heavy atom. The monoisotopic (exact) mass is 250 g/mol. The maximum Gasteiger partial charge on any atom is 0.321 e. The predicted octanol–water partition coefficient (Wildman–Crippen LogP) is 2.00. The maximum atomic E-state index is 11.7. The minimum Gasteiger partial charge on any atom is -0.383 e. The fourth-order valence-electron chi connectivity index (χ4n) is 1.34. The van der Waals surface area contributed by atoms with E-state index in [1.165, 1.54) is 11.8 Å². The van der Waals surface area contributed by atoms with Gasteiger partial charge in [-0.15, -0.1) is 0 Å². The molecule has 0 aliphatic heterocycles. The number of methoxy groups -OCH3 is 1. The summed E-state index contributed by atoms with van der Waals surface area (Å²) >= 11 is 0. The maximum absolute atomic E-state index is 11.7. The highest BCUT2D eigenvalue weighted by molar-refractivity contribution is 5.95. The molecule has 0 spiro atoms. The Balaban J connectivity index is 2.56. The highest BCUT2D eigenvalue weighted by atomic mass is 16.5. The van der Waals surface area contributed by atoms with E-state index in [1.807, 2.05) is 0 Å². The van der Waals surface area contributed by atoms with Gasteiger partial charge in [0.25, 0.3) is 0 Å². The molecule has 1 rings (SSSR count). The highest BCUT2D eigenvalue weighted by Gasteiger charge is 2.08. The number of carbonyl (C=O) groups is 2. The van der Waals surface area contributed by atoms with E-state index < -0.39 is 0 Å². The van der Waals surface area contributed by atoms with Gasteiger partial charge < -0.3 is 15.0 Å². The van der Waals surface area contributed by atoms with E-state index in [-0.39, 0.29) is 11.8 Å². The Morgan fingerprint density at radius 1 is 1.28 bits per heavy atom. The van der Waals surface area contributed by atoms with E-state index in [4.69, 9.17) is 4.74 Å². The number of amides is 2. The summed E-state index contributed by atoms with van der Waals surface area (Å²) in [7, 11) is 3.28. The smallest absolute Gasteiger partial charge is 0.321 e. The van der Waals surface area contributed by atoms with Crippen molar-refractivity contribution in [3.05, 3.63) is 29.8 Å². The van der Waals surface area contributed by atoms with Crippen LogP contribution in [0.4, 0.5) is 10.5 Å². The van der Waals surface area contributed by atoms with Gasteiger partial charge in [0.1, 0.15) is 0 Å². The molecular weight excluding hydrogens is 232 g/mol. The van der Waals surface area contributed by atoms with Gasteiger partial charge in [-0.25, -0.2) is 4.79 Å². The van der Waals surface area contributed by atoms with Crippen molar-refractivity contribution in [3.63, 3.8) is 0 Å². The van der Waals surface area contributed by atoms with Crippen molar-refractivity contribution in [1.82, 2.24) is 4.90 Å². The molecule has 0 aromatic heterocycles. The molecule has 98 valence electrons. The number of anilines is 1. The van der Waals surface area contributed by atoms with Gasteiger partial charge in [0.15, 0.2) is 5.78 Å². The van der Waals surface area contributed by atoms with E-state index >= 15 is 0 Å². The molecule has 5 nitrogen and oxygen atoms in total. The number of carbonyl (C=O) groups excluding carboxylic acids is 2. The van der Waals surface area contributed by atoms with Crippen molar-refractivity contribution in [3.8, 4) is 0 Å². The van der Waals surface area contributed by atoms with Crippen LogP contribution in [-0.4, -0.2) is 44.0 Å². The molecule has 0 fully saturated rings. The standard InChI is InChI=1S/C13H18N2O3/c1-10(16)11-4-6-12(7-5-11)14-13(17)15(2)8-9-18-3/h4-7H,8-9H2,1-3H3,(H,14,17). The molecule has 0 aliphatic carbocycles. The molecule has 0 saturated heterocycles. The molecule has 1 aromatic carbocycles. The lowest BCUT2D eigenvalue weighted by atomic mass is 10.1. The molecule has 0 heterocycles. The van der Waals surface area contributed by atoms with Gasteiger partial charge in [-0.3, -0.25) is 4.79 Å². The quantitative estimate of drug-likeness (QED) is 0.813. The second-order valence-corrected chi connectivity index (χ2v) is 3.98. The number of rotatable bonds is 5. The van der Waals surface area contributed by atoms with E-state index in [0.29, 0.717) is 24.4 Å². The zero-order valence-electron chi connectivity index (χ0n) is 10.9. The van der Waals surface area contributed by atoms with Crippen LogP contribution in [0.15, 0.2) is 24.3 Å². The summed E-state index contributed by atoms with van der Waals surface area (Å²) in [6.45, 7) is 2.52. The summed E-state index contributed by atoms with van der Waals surface area (Å²) in [5.74, 6) is 0.00471. The second kappa shape index (κ2) is 6.76. The molecule has 0 bridgehead atoms. The summed E-state index contributed by atoms with van der Waals surface area (Å²) in [5, 5.41) is 2.74. The number of Topliss-reactive ketones (excluding diaryl/α,β-unsaturated/α-hetero) is 1. The number of benzene rings is 1. The summed E-state index contributed by atoms with van der Waals surface area (Å²) in [6, 6.07) is 6.58. The lowest BCUT2D eigenvalue weighted by Gasteiger charge is -2.17. The Kier molecular flexibility index (Phi) is 5.32. The predicted molar refractivity (Wildman–Crippen MR) is 70.0 cm³/mol. The van der Waals surface area contributed by atoms with Crippen LogP contribution < -0.4 is 5.32 Å². The number of ether oxygens (including phenoxy) is 1. The average molecular weight is 250 g/mol. The number of nitrogens with one attached hydrogen (secondary N) is 1. The summed E-state index contributed by atoms with van der Waals surface area (Å²) in [6.07, 6.45) is 0. The zero-order chi connectivity index (χ0) is 13.5. The molecule has 0 atom stereocenters. The fraction of sp³-hybridized carbons (Fsp3) is 0.385. The number of nitrogens with zero attached hydrogens (tertiary/aromatic N) is 1. The summed E-state index contributed by atoms with van der Waals surface area (Å²) in [5.41, 5.74) is 1.29. The van der Waals surface area contributed by atoms with Crippen molar-refractivity contribution in [2.45, 2.75) is 6.92 Å². The van der Waals surface area contributed by atoms with Crippen LogP contribution in [0.2, 0.25) is 0 Å². The average Bonchev–Trinajstić information content (AvgIpc) is 2.36. The van der Waals surface area contributed by atoms with E-state index in [1.54, 1.807) is 38.4 Å². The molecular formula is C13H18N2O3. The van der Waals surface area contributed by atoms with Crippen molar-refractivity contribution in [2.75, 3.05) is 32.6 Å². The number of urea groups is 1. The van der Waals surface area contributed by atoms with Crippen molar-refractivity contribution >= 4 is 17.5 Å². The van der Waals surface area contributed by atoms with Gasteiger partial charge in [0, 0.05) is 32.0 Å². The van der Waals surface area contributed by atoms with E-state index in [0.717, 1.165) is 0 Å². The Labute approximate surface area is 107 Å². The number of likely N-dealkylation sites (N-methyl/N-ethyl adjacent to an activating group) is 1. The molecule has 0 radical (unpaired) electrons. The molecule has 0 unspecified atom stereocenters. The van der Waals surface area contributed by atoms with Crippen molar-refractivity contribution in [2.24, 2.45) is 0 Å². The minimum absolute atomic E-state index is 0.00471. The zero-order valence-corrected chi connectivity index (χ0v) is 10.9. The third-order valence-electron chi connectivity index (χ3n) is 2.52. The third-order valence-corrected chi connectivity index (χ3v) is 2.52. The first-order valence-corrected chi connectivity index (χ1v) is 5.66. The van der Waals surface area contributed by atoms with Crippen LogP contribution in [-0.2, 0) is 4.74 Å². The van der Waals surface area contributed by atoms with Crippen LogP contribution in [0.5, 0.6) is 0 Å². The van der Waals surface area contributed by atoms with Gasteiger partial charge >= 0.3 is 6.03 Å². The van der Waals surface area contributed by atoms with Gasteiger partial charge in [0.2, 0.25) is 0 Å². The lowest BCUT2D eigenvalue weighted by molar-refractivity contribution is 0.101. The Morgan fingerprint density at radius 2 is 1.89 bits per heavy atom. The van der Waals surface area contributed by atoms with E-state index in [2.05, 4.69) is 5.32 Å². The van der Waals surface area contributed by atoms with Crippen LogP contribution in [0.1, 0.15) is 17.3 Å². The summed E-state index contributed by atoms with van der Waals surface area (Å²) in [4.78, 5) is 24.4. The number of ketones is 1. The van der Waals surface area contributed by atoms with E-state index in [9.17, 15) is 9.59 Å². The van der Waals surface area contributed by atoms with Gasteiger partial charge in [-0.2, -0.15) is 0 Å². The first-order valence-electron chi connectivity index (χ1n) is 5.66. The first-order chi connectivity index (χ1) is 8.54. The molecule has 18 heavy (non-hydrogen) atoms. The third kappa shape index (κ3) is 4.18. The normalized spacial score (nSPS) is 9.94. The Bertz CT molecular complexity index is 415. The second-order valence-electron chi connectivity index (χ2n) is 3.98. The number of hydrogen-bond donors (Lipinski definition) is 1. The Hall–Kier alpha value is -1.88. The molecule has 2 amide bonds. The van der Waals surface area contributed by atoms with Crippen LogP contribution in [0, 0.1) is 0 Å². The van der Waals surface area contributed by atoms with Crippen molar-refractivity contribution in [1.29, 1.82) is 0 Å². The van der Waals surface area contributed by atoms with Gasteiger partial charge in [0.05, 0.1) is 6.61 Å². The molecule has 1 N–H and O–H groups in total. The van der Waals surface area contributed by atoms with Crippen molar-refractivity contribution < 1.29 is 14.3 Å². The first kappa shape index (κ1) is 14.2. The van der Waals surface area contributed by atoms with Gasteiger partial charge in [-0.05, 0) is 31.2 Å². The molecule has 1 aromatic rings. The fourth-order valence-corrected chi connectivity index (χ4v) is 1.34. The minimum atomic E-state index is -0.206. The number of hydrogen-bond acceptors (Lipinski definition) is 3. The highest BCUT2D eigenvalue weighted by Crippen LogP contribution is 2.10. The lowest BCUT2D eigenvalue weighted by Crippen LogP contribution is -2.33. The van der Waals surface area contributed by atoms with Crippen LogP contribution in [0.25, 0.3) is 0 Å². The SMILES string of the molecule is COCCN(C)C(=O)Nc1ccc(C(C)=O)cc1.